The van der Waals surface area contributed by atoms with E-state index in [0.29, 0.717) is 6.04 Å². The summed E-state index contributed by atoms with van der Waals surface area (Å²) in [6.07, 6.45) is 7.02. The van der Waals surface area contributed by atoms with Crippen molar-refractivity contribution >= 4 is 0 Å². The van der Waals surface area contributed by atoms with Crippen molar-refractivity contribution in [2.75, 3.05) is 6.54 Å². The zero-order chi connectivity index (χ0) is 13.1. The highest BCUT2D eigenvalue weighted by molar-refractivity contribution is 5.34. The molecule has 2 aliphatic rings. The largest absolute Gasteiger partial charge is 0.372 e. The molecule has 0 radical (unpaired) electrons. The second-order valence-corrected chi connectivity index (χ2v) is 6.02. The third-order valence-corrected chi connectivity index (χ3v) is 4.64. The van der Waals surface area contributed by atoms with Crippen molar-refractivity contribution in [2.24, 2.45) is 5.92 Å². The minimum Gasteiger partial charge on any atom is -0.372 e. The Hall–Kier alpha value is -0.860. The normalized spacial score (nSPS) is 20.7. The fourth-order valence-electron chi connectivity index (χ4n) is 3.57. The molecule has 1 atom stereocenters. The lowest BCUT2D eigenvalue weighted by Gasteiger charge is -2.22. The van der Waals surface area contributed by atoms with Crippen LogP contribution in [0.3, 0.4) is 0 Å². The Bertz CT molecular complexity index is 423. The molecule has 0 saturated heterocycles. The first-order chi connectivity index (χ1) is 9.36. The maximum absolute atomic E-state index is 5.52. The van der Waals surface area contributed by atoms with Crippen molar-refractivity contribution in [3.8, 4) is 0 Å². The van der Waals surface area contributed by atoms with E-state index in [1.807, 2.05) is 0 Å². The molecule has 2 heteroatoms. The van der Waals surface area contributed by atoms with Crippen molar-refractivity contribution in [2.45, 2.75) is 58.3 Å². The Kier molecular flexibility index (Phi) is 4.19. The Morgan fingerprint density at radius 1 is 1.21 bits per heavy atom. The molecule has 19 heavy (non-hydrogen) atoms. The highest BCUT2D eigenvalue weighted by Crippen LogP contribution is 2.34. The van der Waals surface area contributed by atoms with E-state index in [-0.39, 0.29) is 0 Å². The average molecular weight is 259 g/mol. The van der Waals surface area contributed by atoms with Gasteiger partial charge in [-0.2, -0.15) is 0 Å². The van der Waals surface area contributed by atoms with Gasteiger partial charge < -0.3 is 10.1 Å². The summed E-state index contributed by atoms with van der Waals surface area (Å²) in [5.41, 5.74) is 4.23. The van der Waals surface area contributed by atoms with Crippen LogP contribution in [0.1, 0.15) is 61.8 Å². The molecule has 0 spiro atoms. The van der Waals surface area contributed by atoms with Gasteiger partial charge in [0.05, 0.1) is 13.2 Å². The molecule has 0 aromatic heterocycles. The molecule has 1 aromatic carbocycles. The van der Waals surface area contributed by atoms with Gasteiger partial charge in [0.1, 0.15) is 0 Å². The standard InChI is InChI=1S/C17H25NO/c1-2-18-17(9-13-5-3-4-6-13)14-7-8-15-11-19-12-16(15)10-14/h7-8,10,13,17-18H,2-6,9,11-12H2,1H3. The number of hydrogen-bond donors (Lipinski definition) is 1. The lowest BCUT2D eigenvalue weighted by molar-refractivity contribution is 0.134. The molecule has 1 aliphatic carbocycles. The molecule has 1 N–H and O–H groups in total. The van der Waals surface area contributed by atoms with Crippen LogP contribution < -0.4 is 5.32 Å². The van der Waals surface area contributed by atoms with Gasteiger partial charge in [-0.1, -0.05) is 50.8 Å². The zero-order valence-electron chi connectivity index (χ0n) is 12.0. The zero-order valence-corrected chi connectivity index (χ0v) is 12.0. The van der Waals surface area contributed by atoms with Gasteiger partial charge in [0.25, 0.3) is 0 Å². The van der Waals surface area contributed by atoms with Gasteiger partial charge in [0.2, 0.25) is 0 Å². The van der Waals surface area contributed by atoms with Crippen LogP contribution in [0, 0.1) is 5.92 Å². The molecule has 1 unspecified atom stereocenters. The monoisotopic (exact) mass is 259 g/mol. The SMILES string of the molecule is CCNC(CC1CCCC1)c1ccc2c(c1)COC2. The number of rotatable bonds is 5. The summed E-state index contributed by atoms with van der Waals surface area (Å²) in [5, 5.41) is 3.68. The maximum atomic E-state index is 5.52. The average Bonchev–Trinajstić information content (AvgIpc) is 3.08. The van der Waals surface area contributed by atoms with E-state index in [0.717, 1.165) is 25.7 Å². The molecule has 0 bridgehead atoms. The quantitative estimate of drug-likeness (QED) is 0.864. The van der Waals surface area contributed by atoms with E-state index >= 15 is 0 Å². The van der Waals surface area contributed by atoms with Crippen LogP contribution in [0.4, 0.5) is 0 Å². The van der Waals surface area contributed by atoms with Crippen molar-refractivity contribution in [3.05, 3.63) is 34.9 Å². The fourth-order valence-corrected chi connectivity index (χ4v) is 3.57. The van der Waals surface area contributed by atoms with Gasteiger partial charge in [0, 0.05) is 6.04 Å². The lowest BCUT2D eigenvalue weighted by atomic mass is 9.92. The number of benzene rings is 1. The molecular formula is C17H25NO. The third-order valence-electron chi connectivity index (χ3n) is 4.64. The van der Waals surface area contributed by atoms with Gasteiger partial charge in [-0.25, -0.2) is 0 Å². The van der Waals surface area contributed by atoms with Gasteiger partial charge in [-0.05, 0) is 35.6 Å². The van der Waals surface area contributed by atoms with Crippen molar-refractivity contribution in [3.63, 3.8) is 0 Å². The van der Waals surface area contributed by atoms with E-state index in [4.69, 9.17) is 4.74 Å². The predicted molar refractivity (Wildman–Crippen MR) is 77.9 cm³/mol. The summed E-state index contributed by atoms with van der Waals surface area (Å²) < 4.78 is 5.52. The summed E-state index contributed by atoms with van der Waals surface area (Å²) >= 11 is 0. The van der Waals surface area contributed by atoms with Crippen molar-refractivity contribution in [1.29, 1.82) is 0 Å². The van der Waals surface area contributed by atoms with E-state index in [1.165, 1.54) is 48.8 Å². The Morgan fingerprint density at radius 2 is 2.00 bits per heavy atom. The fraction of sp³-hybridized carbons (Fsp3) is 0.647. The molecule has 104 valence electrons. The van der Waals surface area contributed by atoms with Crippen LogP contribution in [0.15, 0.2) is 18.2 Å². The maximum Gasteiger partial charge on any atom is 0.0725 e. The van der Waals surface area contributed by atoms with Crippen LogP contribution >= 0.6 is 0 Å². The molecular weight excluding hydrogens is 234 g/mol. The highest BCUT2D eigenvalue weighted by Gasteiger charge is 2.22. The van der Waals surface area contributed by atoms with Crippen molar-refractivity contribution < 1.29 is 4.74 Å². The van der Waals surface area contributed by atoms with Crippen LogP contribution in [0.25, 0.3) is 0 Å². The molecule has 1 heterocycles. The predicted octanol–water partition coefficient (Wildman–Crippen LogP) is 3.95. The summed E-state index contributed by atoms with van der Waals surface area (Å²) in [4.78, 5) is 0. The minimum absolute atomic E-state index is 0.527. The highest BCUT2D eigenvalue weighted by atomic mass is 16.5. The molecule has 1 aromatic rings. The topological polar surface area (TPSA) is 21.3 Å². The van der Waals surface area contributed by atoms with E-state index in [2.05, 4.69) is 30.4 Å². The molecule has 2 nitrogen and oxygen atoms in total. The molecule has 1 saturated carbocycles. The van der Waals surface area contributed by atoms with Gasteiger partial charge in [-0.15, -0.1) is 0 Å². The Labute approximate surface area is 116 Å². The minimum atomic E-state index is 0.527. The summed E-state index contributed by atoms with van der Waals surface area (Å²) in [6, 6.07) is 7.45. The number of fused-ring (bicyclic) bond motifs is 1. The smallest absolute Gasteiger partial charge is 0.0725 e. The van der Waals surface area contributed by atoms with Gasteiger partial charge in [0.15, 0.2) is 0 Å². The lowest BCUT2D eigenvalue weighted by Crippen LogP contribution is -2.23. The first-order valence-corrected chi connectivity index (χ1v) is 7.79. The molecule has 1 aliphatic heterocycles. The number of nitrogens with one attached hydrogen (secondary N) is 1. The first kappa shape index (κ1) is 13.1. The van der Waals surface area contributed by atoms with E-state index in [9.17, 15) is 0 Å². The van der Waals surface area contributed by atoms with Crippen LogP contribution in [0.2, 0.25) is 0 Å². The second kappa shape index (κ2) is 6.06. The number of ether oxygens (including phenoxy) is 1. The van der Waals surface area contributed by atoms with E-state index in [1.54, 1.807) is 0 Å². The van der Waals surface area contributed by atoms with Crippen LogP contribution in [-0.4, -0.2) is 6.54 Å². The third kappa shape index (κ3) is 3.01. The summed E-state index contributed by atoms with van der Waals surface area (Å²) in [7, 11) is 0. The molecule has 0 amide bonds. The Balaban J connectivity index is 1.74. The second-order valence-electron chi connectivity index (χ2n) is 6.02. The summed E-state index contributed by atoms with van der Waals surface area (Å²) in [6.45, 7) is 4.85. The molecule has 3 rings (SSSR count). The first-order valence-electron chi connectivity index (χ1n) is 7.79. The van der Waals surface area contributed by atoms with Crippen molar-refractivity contribution in [1.82, 2.24) is 5.32 Å². The van der Waals surface area contributed by atoms with Gasteiger partial charge >= 0.3 is 0 Å². The van der Waals surface area contributed by atoms with Crippen LogP contribution in [-0.2, 0) is 18.0 Å². The van der Waals surface area contributed by atoms with Gasteiger partial charge in [-0.3, -0.25) is 0 Å². The van der Waals surface area contributed by atoms with E-state index < -0.39 is 0 Å². The molecule has 1 fully saturated rings. The Morgan fingerprint density at radius 3 is 2.79 bits per heavy atom. The van der Waals surface area contributed by atoms with Crippen LogP contribution in [0.5, 0.6) is 0 Å². The summed E-state index contributed by atoms with van der Waals surface area (Å²) in [5.74, 6) is 0.925. The number of hydrogen-bond acceptors (Lipinski definition) is 2.